The highest BCUT2D eigenvalue weighted by molar-refractivity contribution is 5.79. The maximum Gasteiger partial charge on any atom is 0.407 e. The third-order valence-electron chi connectivity index (χ3n) is 6.21. The van der Waals surface area contributed by atoms with Crippen molar-refractivity contribution in [3.05, 3.63) is 89.0 Å². The van der Waals surface area contributed by atoms with Gasteiger partial charge in [0.2, 0.25) is 0 Å². The molecule has 0 radical (unpaired) electrons. The van der Waals surface area contributed by atoms with Gasteiger partial charge in [-0.2, -0.15) is 0 Å². The number of alkyl carbamates (subject to hydrolysis) is 1. The minimum Gasteiger partial charge on any atom is -0.496 e. The monoisotopic (exact) mass is 463 g/mol. The molecule has 1 amide bonds. The molecule has 0 fully saturated rings. The SMILES string of the molecule is COc1ccc(CO)cc1C(O)C(O)CCNC(=O)OCC1c2ccccc2-c2ccccc21. The quantitative estimate of drug-likeness (QED) is 0.387. The Morgan fingerprint density at radius 1 is 1.00 bits per heavy atom. The Labute approximate surface area is 198 Å². The van der Waals surface area contributed by atoms with Crippen LogP contribution in [0.2, 0.25) is 0 Å². The minimum atomic E-state index is -1.23. The van der Waals surface area contributed by atoms with Crippen LogP contribution in [0.1, 0.15) is 40.7 Å². The van der Waals surface area contributed by atoms with Gasteiger partial charge >= 0.3 is 6.09 Å². The molecule has 2 atom stereocenters. The number of amides is 1. The number of nitrogens with one attached hydrogen (secondary N) is 1. The van der Waals surface area contributed by atoms with Gasteiger partial charge in [0.15, 0.2) is 0 Å². The predicted octanol–water partition coefficient (Wildman–Crippen LogP) is 3.51. The minimum absolute atomic E-state index is 0.0307. The van der Waals surface area contributed by atoms with Crippen LogP contribution in [0.5, 0.6) is 5.75 Å². The van der Waals surface area contributed by atoms with E-state index in [0.717, 1.165) is 22.3 Å². The van der Waals surface area contributed by atoms with E-state index in [1.165, 1.54) is 7.11 Å². The summed E-state index contributed by atoms with van der Waals surface area (Å²) in [5.41, 5.74) is 5.56. The van der Waals surface area contributed by atoms with Crippen LogP contribution in [0.15, 0.2) is 66.7 Å². The average molecular weight is 464 g/mol. The zero-order valence-corrected chi connectivity index (χ0v) is 19.0. The van der Waals surface area contributed by atoms with Crippen molar-refractivity contribution in [2.75, 3.05) is 20.3 Å². The fourth-order valence-corrected chi connectivity index (χ4v) is 4.45. The van der Waals surface area contributed by atoms with Gasteiger partial charge in [-0.25, -0.2) is 4.79 Å². The Hall–Kier alpha value is -3.39. The largest absolute Gasteiger partial charge is 0.496 e. The lowest BCUT2D eigenvalue weighted by atomic mass is 9.98. The van der Waals surface area contributed by atoms with Crippen LogP contribution in [0.3, 0.4) is 0 Å². The average Bonchev–Trinajstić information content (AvgIpc) is 3.20. The maximum absolute atomic E-state index is 12.3. The van der Waals surface area contributed by atoms with Gasteiger partial charge < -0.3 is 30.1 Å². The summed E-state index contributed by atoms with van der Waals surface area (Å²) in [6.07, 6.45) is -2.84. The number of aliphatic hydroxyl groups is 3. The highest BCUT2D eigenvalue weighted by Gasteiger charge is 2.29. The molecule has 3 aromatic rings. The van der Waals surface area contributed by atoms with Crippen molar-refractivity contribution in [3.63, 3.8) is 0 Å². The molecule has 7 heteroatoms. The van der Waals surface area contributed by atoms with Gasteiger partial charge in [0.1, 0.15) is 18.5 Å². The second kappa shape index (κ2) is 10.7. The summed E-state index contributed by atoms with van der Waals surface area (Å²) in [6, 6.07) is 21.1. The van der Waals surface area contributed by atoms with E-state index in [0.29, 0.717) is 16.9 Å². The number of carbonyl (C=O) groups excluding carboxylic acids is 1. The molecule has 0 spiro atoms. The Bertz CT molecular complexity index is 1100. The summed E-state index contributed by atoms with van der Waals surface area (Å²) < 4.78 is 10.7. The lowest BCUT2D eigenvalue weighted by molar-refractivity contribution is 0.0123. The van der Waals surface area contributed by atoms with Crippen LogP contribution >= 0.6 is 0 Å². The zero-order valence-electron chi connectivity index (χ0n) is 19.0. The van der Waals surface area contributed by atoms with Crippen molar-refractivity contribution in [3.8, 4) is 16.9 Å². The highest BCUT2D eigenvalue weighted by atomic mass is 16.5. The van der Waals surface area contributed by atoms with Gasteiger partial charge in [0.05, 0.1) is 19.8 Å². The molecule has 4 rings (SSSR count). The first-order valence-electron chi connectivity index (χ1n) is 11.3. The van der Waals surface area contributed by atoms with E-state index in [9.17, 15) is 20.1 Å². The van der Waals surface area contributed by atoms with Crippen molar-refractivity contribution in [1.82, 2.24) is 5.32 Å². The van der Waals surface area contributed by atoms with E-state index in [2.05, 4.69) is 29.6 Å². The Morgan fingerprint density at radius 2 is 1.65 bits per heavy atom. The van der Waals surface area contributed by atoms with Crippen molar-refractivity contribution in [1.29, 1.82) is 0 Å². The molecule has 7 nitrogen and oxygen atoms in total. The molecule has 0 aliphatic heterocycles. The lowest BCUT2D eigenvalue weighted by Crippen LogP contribution is -2.30. The normalized spacial score (nSPS) is 14.1. The zero-order chi connectivity index (χ0) is 24.1. The fourth-order valence-electron chi connectivity index (χ4n) is 4.45. The molecule has 0 heterocycles. The van der Waals surface area contributed by atoms with Crippen molar-refractivity contribution in [2.45, 2.75) is 31.2 Å². The number of benzene rings is 3. The predicted molar refractivity (Wildman–Crippen MR) is 128 cm³/mol. The number of methoxy groups -OCH3 is 1. The van der Waals surface area contributed by atoms with Crippen LogP contribution in [0, 0.1) is 0 Å². The van der Waals surface area contributed by atoms with Gasteiger partial charge in [0, 0.05) is 18.0 Å². The number of rotatable bonds is 9. The van der Waals surface area contributed by atoms with E-state index >= 15 is 0 Å². The Kier molecular flexibility index (Phi) is 7.47. The summed E-state index contributed by atoms with van der Waals surface area (Å²) in [5.74, 6) is 0.380. The number of fused-ring (bicyclic) bond motifs is 3. The molecule has 3 aromatic carbocycles. The van der Waals surface area contributed by atoms with Crippen LogP contribution in [0.25, 0.3) is 11.1 Å². The number of ether oxygens (including phenoxy) is 2. The van der Waals surface area contributed by atoms with Crippen LogP contribution in [-0.4, -0.2) is 47.8 Å². The highest BCUT2D eigenvalue weighted by Crippen LogP contribution is 2.44. The Balaban J connectivity index is 1.30. The molecule has 4 N–H and O–H groups in total. The summed E-state index contributed by atoms with van der Waals surface area (Å²) in [4.78, 5) is 12.3. The molecular formula is C27H29NO6. The first-order chi connectivity index (χ1) is 16.5. The third kappa shape index (κ3) is 4.92. The summed E-state index contributed by atoms with van der Waals surface area (Å²) in [5, 5.41) is 33.0. The summed E-state index contributed by atoms with van der Waals surface area (Å²) >= 11 is 0. The van der Waals surface area contributed by atoms with E-state index in [1.54, 1.807) is 18.2 Å². The topological polar surface area (TPSA) is 108 Å². The number of carbonyl (C=O) groups is 1. The van der Waals surface area contributed by atoms with E-state index in [1.807, 2.05) is 24.3 Å². The second-order valence-electron chi connectivity index (χ2n) is 8.29. The van der Waals surface area contributed by atoms with Crippen LogP contribution in [0.4, 0.5) is 4.79 Å². The molecule has 0 aromatic heterocycles. The molecule has 1 aliphatic carbocycles. The van der Waals surface area contributed by atoms with Gasteiger partial charge in [0.25, 0.3) is 0 Å². The first kappa shape index (κ1) is 23.8. The van der Waals surface area contributed by atoms with Crippen molar-refractivity contribution in [2.24, 2.45) is 0 Å². The smallest absolute Gasteiger partial charge is 0.407 e. The molecule has 178 valence electrons. The number of hydrogen-bond acceptors (Lipinski definition) is 6. The molecule has 34 heavy (non-hydrogen) atoms. The molecule has 0 bridgehead atoms. The van der Waals surface area contributed by atoms with Crippen LogP contribution in [-0.2, 0) is 11.3 Å². The van der Waals surface area contributed by atoms with E-state index in [-0.39, 0.29) is 32.1 Å². The lowest BCUT2D eigenvalue weighted by Gasteiger charge is -2.21. The van der Waals surface area contributed by atoms with Crippen molar-refractivity contribution >= 4 is 6.09 Å². The molecule has 0 saturated carbocycles. The Morgan fingerprint density at radius 3 is 2.26 bits per heavy atom. The van der Waals surface area contributed by atoms with Gasteiger partial charge in [-0.3, -0.25) is 0 Å². The van der Waals surface area contributed by atoms with Gasteiger partial charge in [-0.1, -0.05) is 54.6 Å². The van der Waals surface area contributed by atoms with E-state index < -0.39 is 18.3 Å². The van der Waals surface area contributed by atoms with Gasteiger partial charge in [-0.15, -0.1) is 0 Å². The number of aliphatic hydroxyl groups excluding tert-OH is 3. The van der Waals surface area contributed by atoms with E-state index in [4.69, 9.17) is 9.47 Å². The fraction of sp³-hybridized carbons (Fsp3) is 0.296. The molecule has 2 unspecified atom stereocenters. The molecule has 1 aliphatic rings. The summed E-state index contributed by atoms with van der Waals surface area (Å²) in [7, 11) is 1.47. The van der Waals surface area contributed by atoms with Crippen LogP contribution < -0.4 is 10.1 Å². The standard InChI is InChI=1S/C27H29NO6/c1-33-25-11-10-17(15-29)14-22(25)26(31)24(30)12-13-28-27(32)34-16-23-20-8-4-2-6-18(20)19-7-3-5-9-21(19)23/h2-11,14,23-24,26,29-31H,12-13,15-16H2,1H3,(H,28,32). The molecule has 0 saturated heterocycles. The van der Waals surface area contributed by atoms with Crippen molar-refractivity contribution < 1.29 is 29.6 Å². The number of hydrogen-bond donors (Lipinski definition) is 4. The maximum atomic E-state index is 12.3. The second-order valence-corrected chi connectivity index (χ2v) is 8.29. The third-order valence-corrected chi connectivity index (χ3v) is 6.21. The molecular weight excluding hydrogens is 434 g/mol. The first-order valence-corrected chi connectivity index (χ1v) is 11.3. The summed E-state index contributed by atoms with van der Waals surface area (Å²) in [6.45, 7) is 0.135. The van der Waals surface area contributed by atoms with Gasteiger partial charge in [-0.05, 0) is 46.4 Å².